The lowest BCUT2D eigenvalue weighted by Gasteiger charge is -1.99. The van der Waals surface area contributed by atoms with Crippen molar-refractivity contribution in [1.29, 1.82) is 0 Å². The van der Waals surface area contributed by atoms with Crippen LogP contribution in [0.15, 0.2) is 27.1 Å². The minimum atomic E-state index is -1.09. The molecule has 2 rings (SSSR count). The SMILES string of the molecule is O=C(O)COCc1nnc(-c2cccc(F)c2Br)o1. The first kappa shape index (κ1) is 13.6. The number of halogens is 2. The number of rotatable bonds is 5. The van der Waals surface area contributed by atoms with E-state index in [0.29, 0.717) is 5.56 Å². The Bertz CT molecular complexity index is 602. The fraction of sp³-hybridized carbons (Fsp3) is 0.182. The first-order valence-electron chi connectivity index (χ1n) is 5.14. The summed E-state index contributed by atoms with van der Waals surface area (Å²) >= 11 is 3.09. The minimum Gasteiger partial charge on any atom is -0.480 e. The Morgan fingerprint density at radius 3 is 3.00 bits per heavy atom. The van der Waals surface area contributed by atoms with Gasteiger partial charge in [0, 0.05) is 0 Å². The number of nitrogens with zero attached hydrogens (tertiary/aromatic N) is 2. The Hall–Kier alpha value is -1.80. The molecule has 0 aliphatic rings. The first-order chi connectivity index (χ1) is 9.08. The fourth-order valence-electron chi connectivity index (χ4n) is 1.32. The highest BCUT2D eigenvalue weighted by Crippen LogP contribution is 2.29. The highest BCUT2D eigenvalue weighted by Gasteiger charge is 2.14. The second-order valence-corrected chi connectivity index (χ2v) is 4.28. The van der Waals surface area contributed by atoms with Gasteiger partial charge in [-0.3, -0.25) is 0 Å². The van der Waals surface area contributed by atoms with Gasteiger partial charge in [0.2, 0.25) is 11.8 Å². The number of aromatic nitrogens is 2. The molecule has 0 fully saturated rings. The number of aliphatic carboxylic acids is 1. The van der Waals surface area contributed by atoms with Gasteiger partial charge in [0.25, 0.3) is 0 Å². The van der Waals surface area contributed by atoms with Crippen molar-refractivity contribution >= 4 is 21.9 Å². The van der Waals surface area contributed by atoms with Gasteiger partial charge in [-0.15, -0.1) is 10.2 Å². The maximum Gasteiger partial charge on any atom is 0.329 e. The van der Waals surface area contributed by atoms with Gasteiger partial charge in [-0.25, -0.2) is 9.18 Å². The van der Waals surface area contributed by atoms with Gasteiger partial charge in [-0.1, -0.05) is 6.07 Å². The van der Waals surface area contributed by atoms with Gasteiger partial charge >= 0.3 is 5.97 Å². The van der Waals surface area contributed by atoms with Gasteiger partial charge < -0.3 is 14.3 Å². The van der Waals surface area contributed by atoms with Crippen molar-refractivity contribution in [1.82, 2.24) is 10.2 Å². The Morgan fingerprint density at radius 1 is 1.47 bits per heavy atom. The van der Waals surface area contributed by atoms with Crippen LogP contribution in [-0.4, -0.2) is 27.9 Å². The van der Waals surface area contributed by atoms with Crippen LogP contribution in [0.1, 0.15) is 5.89 Å². The molecular weight excluding hydrogens is 323 g/mol. The zero-order chi connectivity index (χ0) is 13.8. The van der Waals surface area contributed by atoms with Crippen LogP contribution in [0, 0.1) is 5.82 Å². The van der Waals surface area contributed by atoms with E-state index in [1.165, 1.54) is 12.1 Å². The zero-order valence-electron chi connectivity index (χ0n) is 9.47. The molecule has 1 N–H and O–H groups in total. The summed E-state index contributed by atoms with van der Waals surface area (Å²) in [4.78, 5) is 10.3. The fourth-order valence-corrected chi connectivity index (χ4v) is 1.75. The maximum atomic E-state index is 13.3. The van der Waals surface area contributed by atoms with E-state index in [0.717, 1.165) is 0 Å². The normalized spacial score (nSPS) is 10.6. The molecule has 0 aliphatic heterocycles. The highest BCUT2D eigenvalue weighted by atomic mass is 79.9. The van der Waals surface area contributed by atoms with Crippen LogP contribution < -0.4 is 0 Å². The third-order valence-corrected chi connectivity index (χ3v) is 2.91. The van der Waals surface area contributed by atoms with E-state index in [1.54, 1.807) is 6.07 Å². The molecule has 0 bridgehead atoms. The number of carboxylic acids is 1. The molecule has 6 nitrogen and oxygen atoms in total. The van der Waals surface area contributed by atoms with E-state index in [2.05, 4.69) is 26.1 Å². The molecule has 2 aromatic rings. The van der Waals surface area contributed by atoms with Gasteiger partial charge in [0.1, 0.15) is 19.0 Å². The van der Waals surface area contributed by atoms with Crippen LogP contribution in [0.25, 0.3) is 11.5 Å². The Kier molecular flexibility index (Phi) is 4.23. The van der Waals surface area contributed by atoms with E-state index in [-0.39, 0.29) is 22.9 Å². The van der Waals surface area contributed by atoms with Crippen molar-refractivity contribution in [3.63, 3.8) is 0 Å². The molecule has 0 aliphatic carbocycles. The Morgan fingerprint density at radius 2 is 2.26 bits per heavy atom. The second-order valence-electron chi connectivity index (χ2n) is 3.49. The lowest BCUT2D eigenvalue weighted by molar-refractivity contribution is -0.142. The average molecular weight is 331 g/mol. The van der Waals surface area contributed by atoms with Gasteiger partial charge in [0.05, 0.1) is 10.0 Å². The van der Waals surface area contributed by atoms with Crippen molar-refractivity contribution in [2.24, 2.45) is 0 Å². The van der Waals surface area contributed by atoms with Gasteiger partial charge in [-0.05, 0) is 28.1 Å². The number of ether oxygens (including phenoxy) is 1. The van der Waals surface area contributed by atoms with Crippen LogP contribution in [-0.2, 0) is 16.1 Å². The molecule has 0 unspecified atom stereocenters. The molecule has 1 aromatic heterocycles. The summed E-state index contributed by atoms with van der Waals surface area (Å²) in [5, 5.41) is 15.8. The summed E-state index contributed by atoms with van der Waals surface area (Å²) in [6.07, 6.45) is 0. The minimum absolute atomic E-state index is 0.118. The molecule has 0 spiro atoms. The summed E-state index contributed by atoms with van der Waals surface area (Å²) in [5.74, 6) is -1.29. The summed E-state index contributed by atoms with van der Waals surface area (Å²) < 4.78 is 23.6. The number of carbonyl (C=O) groups is 1. The third kappa shape index (κ3) is 3.36. The number of benzene rings is 1. The van der Waals surface area contributed by atoms with Crippen molar-refractivity contribution in [2.75, 3.05) is 6.61 Å². The molecule has 0 radical (unpaired) electrons. The van der Waals surface area contributed by atoms with E-state index in [9.17, 15) is 9.18 Å². The molecular formula is C11H8BrFN2O4. The molecule has 100 valence electrons. The van der Waals surface area contributed by atoms with Crippen molar-refractivity contribution < 1.29 is 23.4 Å². The van der Waals surface area contributed by atoms with Crippen LogP contribution in [0.2, 0.25) is 0 Å². The zero-order valence-corrected chi connectivity index (χ0v) is 11.1. The molecule has 0 saturated carbocycles. The van der Waals surface area contributed by atoms with E-state index in [1.807, 2.05) is 0 Å². The standard InChI is InChI=1S/C11H8BrFN2O4/c12-10-6(2-1-3-7(10)13)11-15-14-8(19-11)4-18-5-9(16)17/h1-3H,4-5H2,(H,16,17). The number of hydrogen-bond donors (Lipinski definition) is 1. The van der Waals surface area contributed by atoms with Gasteiger partial charge in [0.15, 0.2) is 0 Å². The predicted molar refractivity (Wildman–Crippen MR) is 64.7 cm³/mol. The van der Waals surface area contributed by atoms with Crippen molar-refractivity contribution in [2.45, 2.75) is 6.61 Å². The molecule has 1 aromatic carbocycles. The Labute approximate surface area is 115 Å². The van der Waals surface area contributed by atoms with Crippen LogP contribution >= 0.6 is 15.9 Å². The summed E-state index contributed by atoms with van der Waals surface area (Å²) in [6, 6.07) is 4.42. The van der Waals surface area contributed by atoms with E-state index >= 15 is 0 Å². The summed E-state index contributed by atoms with van der Waals surface area (Å²) in [7, 11) is 0. The molecule has 1 heterocycles. The highest BCUT2D eigenvalue weighted by molar-refractivity contribution is 9.10. The second kappa shape index (κ2) is 5.89. The molecule has 19 heavy (non-hydrogen) atoms. The lowest BCUT2D eigenvalue weighted by atomic mass is 10.2. The summed E-state index contributed by atoms with van der Waals surface area (Å²) in [5.41, 5.74) is 0.414. The average Bonchev–Trinajstić information content (AvgIpc) is 2.81. The van der Waals surface area contributed by atoms with E-state index < -0.39 is 18.4 Å². The third-order valence-electron chi connectivity index (χ3n) is 2.10. The van der Waals surface area contributed by atoms with Crippen LogP contribution in [0.4, 0.5) is 4.39 Å². The van der Waals surface area contributed by atoms with Crippen molar-refractivity contribution in [3.05, 3.63) is 34.4 Å². The molecule has 0 saturated heterocycles. The quantitative estimate of drug-likeness (QED) is 0.904. The monoisotopic (exact) mass is 330 g/mol. The number of hydrogen-bond acceptors (Lipinski definition) is 5. The van der Waals surface area contributed by atoms with Crippen molar-refractivity contribution in [3.8, 4) is 11.5 Å². The predicted octanol–water partition coefficient (Wildman–Crippen LogP) is 2.24. The molecule has 8 heteroatoms. The molecule has 0 atom stereocenters. The van der Waals surface area contributed by atoms with E-state index in [4.69, 9.17) is 14.3 Å². The smallest absolute Gasteiger partial charge is 0.329 e. The number of carboxylic acid groups (broad SMARTS) is 1. The van der Waals surface area contributed by atoms with Crippen LogP contribution in [0.5, 0.6) is 0 Å². The topological polar surface area (TPSA) is 85.5 Å². The van der Waals surface area contributed by atoms with Gasteiger partial charge in [-0.2, -0.15) is 0 Å². The lowest BCUT2D eigenvalue weighted by Crippen LogP contribution is -2.06. The van der Waals surface area contributed by atoms with Crippen LogP contribution in [0.3, 0.4) is 0 Å². The Balaban J connectivity index is 2.12. The summed E-state index contributed by atoms with van der Waals surface area (Å²) in [6.45, 7) is -0.576. The maximum absolute atomic E-state index is 13.3. The molecule has 0 amide bonds. The largest absolute Gasteiger partial charge is 0.480 e. The first-order valence-corrected chi connectivity index (χ1v) is 5.93.